The van der Waals surface area contributed by atoms with Gasteiger partial charge < -0.3 is 4.57 Å². The van der Waals surface area contributed by atoms with Gasteiger partial charge in [0, 0.05) is 13.0 Å². The second kappa shape index (κ2) is 6.63. The van der Waals surface area contributed by atoms with E-state index in [4.69, 9.17) is 34.8 Å². The summed E-state index contributed by atoms with van der Waals surface area (Å²) in [5, 5.41) is 0.758. The van der Waals surface area contributed by atoms with Crippen molar-refractivity contribution in [3.8, 4) is 0 Å². The fourth-order valence-electron chi connectivity index (χ4n) is 2.12. The molecule has 0 unspecified atom stereocenters. The van der Waals surface area contributed by atoms with Crippen LogP contribution in [0.4, 0.5) is 13.2 Å². The molecule has 0 aliphatic carbocycles. The first-order valence-corrected chi connectivity index (χ1v) is 7.58. The average molecular weight is 360 g/mol. The minimum Gasteiger partial charge on any atom is -0.327 e. The molecule has 0 bridgehead atoms. The lowest BCUT2D eigenvalue weighted by atomic mass is 10.2. The number of hydrogen-bond donors (Lipinski definition) is 0. The molecule has 0 saturated carbocycles. The van der Waals surface area contributed by atoms with Crippen molar-refractivity contribution in [2.45, 2.75) is 37.9 Å². The second-order valence-electron chi connectivity index (χ2n) is 4.64. The molecule has 2 rings (SSSR count). The third-order valence-electron chi connectivity index (χ3n) is 3.08. The topological polar surface area (TPSA) is 17.8 Å². The van der Waals surface area contributed by atoms with E-state index in [9.17, 15) is 13.2 Å². The average Bonchev–Trinajstić information content (AvgIpc) is 2.71. The first kappa shape index (κ1) is 16.7. The van der Waals surface area contributed by atoms with E-state index >= 15 is 0 Å². The molecule has 0 fully saturated rings. The predicted molar refractivity (Wildman–Crippen MR) is 79.2 cm³/mol. The Kier molecular flexibility index (Phi) is 5.28. The van der Waals surface area contributed by atoms with E-state index < -0.39 is 12.6 Å². The van der Waals surface area contributed by atoms with Crippen LogP contribution in [0.15, 0.2) is 12.1 Å². The molecular weight excluding hydrogens is 348 g/mol. The maximum atomic E-state index is 12.1. The van der Waals surface area contributed by atoms with Crippen LogP contribution in [0.3, 0.4) is 0 Å². The van der Waals surface area contributed by atoms with Crippen molar-refractivity contribution < 1.29 is 13.2 Å². The molecule has 0 atom stereocenters. The van der Waals surface area contributed by atoms with Crippen LogP contribution in [0, 0.1) is 0 Å². The molecular formula is C13H12Cl3F3N2. The Morgan fingerprint density at radius 2 is 1.76 bits per heavy atom. The Labute approximate surface area is 134 Å². The molecule has 2 nitrogen and oxygen atoms in total. The van der Waals surface area contributed by atoms with Crippen molar-refractivity contribution in [3.05, 3.63) is 28.0 Å². The molecule has 0 aliphatic rings. The number of halogens is 6. The maximum Gasteiger partial charge on any atom is 0.389 e. The lowest BCUT2D eigenvalue weighted by Gasteiger charge is -2.09. The van der Waals surface area contributed by atoms with Gasteiger partial charge in [0.2, 0.25) is 0 Å². The van der Waals surface area contributed by atoms with Crippen LogP contribution in [0.5, 0.6) is 0 Å². The number of fused-ring (bicyclic) bond motifs is 1. The van der Waals surface area contributed by atoms with E-state index in [-0.39, 0.29) is 12.3 Å². The monoisotopic (exact) mass is 358 g/mol. The van der Waals surface area contributed by atoms with Gasteiger partial charge in [-0.1, -0.05) is 23.2 Å². The minimum atomic E-state index is -4.12. The molecule has 0 spiro atoms. The van der Waals surface area contributed by atoms with E-state index in [1.807, 2.05) is 0 Å². The number of benzene rings is 1. The van der Waals surface area contributed by atoms with Crippen LogP contribution in [-0.2, 0) is 12.4 Å². The Hall–Kier alpha value is -0.650. The van der Waals surface area contributed by atoms with Crippen molar-refractivity contribution in [3.63, 3.8) is 0 Å². The third-order valence-corrected chi connectivity index (χ3v) is 4.04. The zero-order chi connectivity index (χ0) is 15.6. The highest BCUT2D eigenvalue weighted by atomic mass is 35.5. The number of imidazole rings is 1. The fraction of sp³-hybridized carbons (Fsp3) is 0.462. The first-order valence-electron chi connectivity index (χ1n) is 6.28. The Bertz CT molecular complexity index is 638. The summed E-state index contributed by atoms with van der Waals surface area (Å²) >= 11 is 17.7. The van der Waals surface area contributed by atoms with Gasteiger partial charge in [0.05, 0.1) is 27.0 Å². The molecule has 1 aromatic heterocycles. The highest BCUT2D eigenvalue weighted by Gasteiger charge is 2.26. The number of unbranched alkanes of at least 4 members (excludes halogenated alkanes) is 1. The summed E-state index contributed by atoms with van der Waals surface area (Å²) in [6.45, 7) is 0.409. The molecule has 0 aliphatic heterocycles. The van der Waals surface area contributed by atoms with E-state index in [1.54, 1.807) is 16.7 Å². The normalized spacial score (nSPS) is 12.3. The number of rotatable bonds is 5. The van der Waals surface area contributed by atoms with Crippen LogP contribution in [0.25, 0.3) is 11.0 Å². The van der Waals surface area contributed by atoms with E-state index in [0.29, 0.717) is 34.4 Å². The van der Waals surface area contributed by atoms with Gasteiger partial charge in [-0.3, -0.25) is 0 Å². The van der Waals surface area contributed by atoms with Crippen LogP contribution in [0.1, 0.15) is 25.1 Å². The van der Waals surface area contributed by atoms with Gasteiger partial charge in [0.1, 0.15) is 5.82 Å². The molecule has 8 heteroatoms. The number of aryl methyl sites for hydroxylation is 1. The molecule has 0 N–H and O–H groups in total. The largest absolute Gasteiger partial charge is 0.389 e. The van der Waals surface area contributed by atoms with Crippen molar-refractivity contribution in [2.24, 2.45) is 0 Å². The van der Waals surface area contributed by atoms with Gasteiger partial charge in [-0.2, -0.15) is 13.2 Å². The molecule has 0 radical (unpaired) electrons. The number of alkyl halides is 4. The predicted octanol–water partition coefficient (Wildman–Crippen LogP) is 5.81. The van der Waals surface area contributed by atoms with E-state index in [0.717, 1.165) is 5.52 Å². The molecule has 0 saturated heterocycles. The Morgan fingerprint density at radius 1 is 1.10 bits per heavy atom. The maximum absolute atomic E-state index is 12.1. The number of nitrogens with zero attached hydrogens (tertiary/aromatic N) is 2. The zero-order valence-electron chi connectivity index (χ0n) is 10.9. The molecule has 1 aromatic carbocycles. The second-order valence-corrected chi connectivity index (χ2v) is 5.72. The lowest BCUT2D eigenvalue weighted by Crippen LogP contribution is -2.08. The third kappa shape index (κ3) is 4.18. The van der Waals surface area contributed by atoms with Gasteiger partial charge in [0.25, 0.3) is 0 Å². The van der Waals surface area contributed by atoms with Gasteiger partial charge in [-0.15, -0.1) is 11.6 Å². The van der Waals surface area contributed by atoms with Gasteiger partial charge in [-0.25, -0.2) is 4.98 Å². The van der Waals surface area contributed by atoms with E-state index in [2.05, 4.69) is 4.98 Å². The number of hydrogen-bond acceptors (Lipinski definition) is 1. The first-order chi connectivity index (χ1) is 9.81. The van der Waals surface area contributed by atoms with E-state index in [1.165, 1.54) is 0 Å². The molecule has 21 heavy (non-hydrogen) atoms. The summed E-state index contributed by atoms with van der Waals surface area (Å²) in [5.74, 6) is 0.764. The Morgan fingerprint density at radius 3 is 2.38 bits per heavy atom. The summed E-state index contributed by atoms with van der Waals surface area (Å²) in [6, 6.07) is 3.29. The minimum absolute atomic E-state index is 0.0617. The van der Waals surface area contributed by atoms with Crippen LogP contribution in [0.2, 0.25) is 10.0 Å². The molecule has 1 heterocycles. The van der Waals surface area contributed by atoms with Gasteiger partial charge in [0.15, 0.2) is 0 Å². The summed E-state index contributed by atoms with van der Waals surface area (Å²) in [7, 11) is 0. The lowest BCUT2D eigenvalue weighted by molar-refractivity contribution is -0.135. The quantitative estimate of drug-likeness (QED) is 0.486. The van der Waals surface area contributed by atoms with Crippen LogP contribution < -0.4 is 0 Å². The highest BCUT2D eigenvalue weighted by Crippen LogP contribution is 2.29. The standard InChI is InChI=1S/C13H12Cl3F3N2/c14-7-12-20-10-5-8(15)9(16)6-11(10)21(12)4-2-1-3-13(17,18)19/h5-6H,1-4,7H2. The van der Waals surface area contributed by atoms with Crippen molar-refractivity contribution in [2.75, 3.05) is 0 Å². The van der Waals surface area contributed by atoms with Crippen molar-refractivity contribution in [1.29, 1.82) is 0 Å². The smallest absolute Gasteiger partial charge is 0.327 e. The summed E-state index contributed by atoms with van der Waals surface area (Å²) in [4.78, 5) is 4.33. The molecule has 2 aromatic rings. The van der Waals surface area contributed by atoms with Crippen LogP contribution in [-0.4, -0.2) is 15.7 Å². The fourth-order valence-corrected chi connectivity index (χ4v) is 2.64. The summed E-state index contributed by atoms with van der Waals surface area (Å²) in [5.41, 5.74) is 1.36. The van der Waals surface area contributed by atoms with Gasteiger partial charge in [-0.05, 0) is 25.0 Å². The highest BCUT2D eigenvalue weighted by molar-refractivity contribution is 6.42. The Balaban J connectivity index is 2.19. The molecule has 0 amide bonds. The van der Waals surface area contributed by atoms with Crippen LogP contribution >= 0.6 is 34.8 Å². The number of aromatic nitrogens is 2. The SMILES string of the molecule is FC(F)(F)CCCCn1c(CCl)nc2cc(Cl)c(Cl)cc21. The van der Waals surface area contributed by atoms with Crippen molar-refractivity contribution in [1.82, 2.24) is 9.55 Å². The van der Waals surface area contributed by atoms with Crippen molar-refractivity contribution >= 4 is 45.8 Å². The summed E-state index contributed by atoms with van der Waals surface area (Å²) in [6.07, 6.45) is -4.47. The van der Waals surface area contributed by atoms with Gasteiger partial charge >= 0.3 is 6.18 Å². The molecule has 116 valence electrons. The summed E-state index contributed by atoms with van der Waals surface area (Å²) < 4.78 is 38.2. The zero-order valence-corrected chi connectivity index (χ0v) is 13.1.